The Hall–Kier alpha value is -2.18. The molecule has 0 radical (unpaired) electrons. The largest absolute Gasteiger partial charge is 0.481 e. The lowest BCUT2D eigenvalue weighted by molar-refractivity contribution is -0.384. The van der Waals surface area contributed by atoms with Crippen molar-refractivity contribution in [2.24, 2.45) is 5.92 Å². The Morgan fingerprint density at radius 1 is 1.53 bits per heavy atom. The fourth-order valence-electron chi connectivity index (χ4n) is 2.37. The Morgan fingerprint density at radius 2 is 2.32 bits per heavy atom. The smallest absolute Gasteiger partial charge is 0.306 e. The number of aromatic nitrogens is 1. The van der Waals surface area contributed by atoms with E-state index in [4.69, 9.17) is 5.11 Å². The zero-order chi connectivity index (χ0) is 13.8. The fraction of sp³-hybridized carbons (Fsp3) is 0.500. The zero-order valence-corrected chi connectivity index (χ0v) is 10.3. The lowest BCUT2D eigenvalue weighted by Gasteiger charge is -2.27. The highest BCUT2D eigenvalue weighted by Gasteiger charge is 2.27. The third-order valence-corrected chi connectivity index (χ3v) is 3.33. The summed E-state index contributed by atoms with van der Waals surface area (Å²) in [6.07, 6.45) is 4.28. The Balaban J connectivity index is 2.02. The van der Waals surface area contributed by atoms with E-state index in [0.717, 1.165) is 12.8 Å². The molecular weight excluding hydrogens is 250 g/mol. The SMILES string of the molecule is O=C(O)C1CCCC(Nc2cc([N+](=O)[O-])ccn2)C1. The summed E-state index contributed by atoms with van der Waals surface area (Å²) in [6, 6.07) is 2.69. The van der Waals surface area contributed by atoms with E-state index in [1.54, 1.807) is 0 Å². The number of aliphatic carboxylic acids is 1. The second-order valence-electron chi connectivity index (χ2n) is 4.70. The van der Waals surface area contributed by atoms with Crippen molar-refractivity contribution in [2.45, 2.75) is 31.7 Å². The predicted octanol–water partition coefficient (Wildman–Crippen LogP) is 2.05. The number of hydrogen-bond acceptors (Lipinski definition) is 5. The van der Waals surface area contributed by atoms with Crippen LogP contribution in [-0.2, 0) is 4.79 Å². The Bertz CT molecular complexity index is 492. The van der Waals surface area contributed by atoms with Gasteiger partial charge in [0.1, 0.15) is 5.82 Å². The maximum atomic E-state index is 11.0. The van der Waals surface area contributed by atoms with Crippen LogP contribution in [0.2, 0.25) is 0 Å². The minimum atomic E-state index is -0.779. The van der Waals surface area contributed by atoms with Gasteiger partial charge in [-0.3, -0.25) is 14.9 Å². The Kier molecular flexibility index (Phi) is 3.94. The highest BCUT2D eigenvalue weighted by Crippen LogP contribution is 2.27. The highest BCUT2D eigenvalue weighted by atomic mass is 16.6. The van der Waals surface area contributed by atoms with Crippen molar-refractivity contribution >= 4 is 17.5 Å². The molecule has 1 saturated carbocycles. The molecule has 7 nitrogen and oxygen atoms in total. The van der Waals surface area contributed by atoms with E-state index in [9.17, 15) is 14.9 Å². The lowest BCUT2D eigenvalue weighted by Crippen LogP contribution is -2.31. The number of nitro groups is 1. The summed E-state index contributed by atoms with van der Waals surface area (Å²) in [7, 11) is 0. The van der Waals surface area contributed by atoms with Gasteiger partial charge in [-0.05, 0) is 19.3 Å². The minimum absolute atomic E-state index is 0.00403. The molecule has 1 aromatic rings. The molecule has 19 heavy (non-hydrogen) atoms. The molecule has 2 N–H and O–H groups in total. The molecule has 1 fully saturated rings. The van der Waals surface area contributed by atoms with Crippen molar-refractivity contribution in [3.8, 4) is 0 Å². The number of pyridine rings is 1. The van der Waals surface area contributed by atoms with Crippen molar-refractivity contribution in [1.29, 1.82) is 0 Å². The standard InChI is InChI=1S/C12H15N3O4/c16-12(17)8-2-1-3-9(6-8)14-11-7-10(15(18)19)4-5-13-11/h4-5,7-9H,1-3,6H2,(H,13,14)(H,16,17). The number of anilines is 1. The summed E-state index contributed by atoms with van der Waals surface area (Å²) >= 11 is 0. The number of nitrogens with one attached hydrogen (secondary N) is 1. The number of carbonyl (C=O) groups is 1. The fourth-order valence-corrected chi connectivity index (χ4v) is 2.37. The minimum Gasteiger partial charge on any atom is -0.481 e. The average Bonchev–Trinajstić information content (AvgIpc) is 2.39. The van der Waals surface area contributed by atoms with E-state index in [0.29, 0.717) is 18.7 Å². The third-order valence-electron chi connectivity index (χ3n) is 3.33. The second-order valence-corrected chi connectivity index (χ2v) is 4.70. The molecule has 2 rings (SSSR count). The van der Waals surface area contributed by atoms with Gasteiger partial charge in [-0.1, -0.05) is 6.42 Å². The summed E-state index contributed by atoms with van der Waals surface area (Å²) in [4.78, 5) is 25.2. The van der Waals surface area contributed by atoms with Crippen molar-refractivity contribution < 1.29 is 14.8 Å². The molecule has 0 spiro atoms. The zero-order valence-electron chi connectivity index (χ0n) is 10.3. The average molecular weight is 265 g/mol. The van der Waals surface area contributed by atoms with E-state index in [2.05, 4.69) is 10.3 Å². The molecular formula is C12H15N3O4. The van der Waals surface area contributed by atoms with Gasteiger partial charge in [0.15, 0.2) is 0 Å². The van der Waals surface area contributed by atoms with Crippen LogP contribution in [0.3, 0.4) is 0 Å². The highest BCUT2D eigenvalue weighted by molar-refractivity contribution is 5.70. The van der Waals surface area contributed by atoms with Crippen LogP contribution in [0.5, 0.6) is 0 Å². The molecule has 7 heteroatoms. The van der Waals surface area contributed by atoms with Crippen LogP contribution >= 0.6 is 0 Å². The number of carboxylic acids is 1. The molecule has 2 atom stereocenters. The summed E-state index contributed by atoms with van der Waals surface area (Å²) in [5.41, 5.74) is -0.0249. The number of rotatable bonds is 4. The van der Waals surface area contributed by atoms with Gasteiger partial charge < -0.3 is 10.4 Å². The van der Waals surface area contributed by atoms with E-state index in [1.165, 1.54) is 18.3 Å². The topological polar surface area (TPSA) is 105 Å². The number of nitrogens with zero attached hydrogens (tertiary/aromatic N) is 2. The Morgan fingerprint density at radius 3 is 3.00 bits per heavy atom. The normalized spacial score (nSPS) is 22.7. The second kappa shape index (κ2) is 5.64. The van der Waals surface area contributed by atoms with Gasteiger partial charge in [-0.25, -0.2) is 4.98 Å². The van der Waals surface area contributed by atoms with Crippen LogP contribution in [0, 0.1) is 16.0 Å². The van der Waals surface area contributed by atoms with Gasteiger partial charge in [-0.2, -0.15) is 0 Å². The van der Waals surface area contributed by atoms with Crippen LogP contribution < -0.4 is 5.32 Å². The maximum Gasteiger partial charge on any atom is 0.306 e. The summed E-state index contributed by atoms with van der Waals surface area (Å²) in [6.45, 7) is 0. The van der Waals surface area contributed by atoms with Gasteiger partial charge >= 0.3 is 5.97 Å². The van der Waals surface area contributed by atoms with E-state index in [1.807, 2.05) is 0 Å². The van der Waals surface area contributed by atoms with Crippen molar-refractivity contribution in [2.75, 3.05) is 5.32 Å². The molecule has 0 bridgehead atoms. The van der Waals surface area contributed by atoms with E-state index < -0.39 is 10.9 Å². The molecule has 1 aliphatic carbocycles. The molecule has 0 amide bonds. The molecule has 0 aliphatic heterocycles. The summed E-state index contributed by atoms with van der Waals surface area (Å²) in [5.74, 6) is -0.700. The first kappa shape index (κ1) is 13.3. The number of hydrogen-bond donors (Lipinski definition) is 2. The summed E-state index contributed by atoms with van der Waals surface area (Å²) < 4.78 is 0. The summed E-state index contributed by atoms with van der Waals surface area (Å²) in [5, 5.41) is 22.7. The van der Waals surface area contributed by atoms with Crippen LogP contribution in [-0.4, -0.2) is 27.0 Å². The van der Waals surface area contributed by atoms with E-state index in [-0.39, 0.29) is 17.6 Å². The monoisotopic (exact) mass is 265 g/mol. The molecule has 0 saturated heterocycles. The maximum absolute atomic E-state index is 11.0. The van der Waals surface area contributed by atoms with Gasteiger partial charge in [0, 0.05) is 18.3 Å². The van der Waals surface area contributed by atoms with Crippen LogP contribution in [0.1, 0.15) is 25.7 Å². The first-order chi connectivity index (χ1) is 9.06. The van der Waals surface area contributed by atoms with Gasteiger partial charge in [0.25, 0.3) is 5.69 Å². The number of carboxylic acid groups (broad SMARTS) is 1. The van der Waals surface area contributed by atoms with Crippen LogP contribution in [0.15, 0.2) is 18.3 Å². The predicted molar refractivity (Wildman–Crippen MR) is 67.9 cm³/mol. The molecule has 1 heterocycles. The van der Waals surface area contributed by atoms with Crippen molar-refractivity contribution in [1.82, 2.24) is 4.98 Å². The van der Waals surface area contributed by atoms with Gasteiger partial charge in [0.2, 0.25) is 0 Å². The quantitative estimate of drug-likeness (QED) is 0.637. The lowest BCUT2D eigenvalue weighted by atomic mass is 9.86. The van der Waals surface area contributed by atoms with Gasteiger partial charge in [0.05, 0.1) is 16.9 Å². The molecule has 1 aliphatic rings. The first-order valence-electron chi connectivity index (χ1n) is 6.16. The van der Waals surface area contributed by atoms with Crippen LogP contribution in [0.4, 0.5) is 11.5 Å². The van der Waals surface area contributed by atoms with Crippen LogP contribution in [0.25, 0.3) is 0 Å². The van der Waals surface area contributed by atoms with E-state index >= 15 is 0 Å². The third kappa shape index (κ3) is 3.40. The molecule has 2 unspecified atom stereocenters. The molecule has 102 valence electrons. The molecule has 0 aromatic carbocycles. The molecule has 1 aromatic heterocycles. The van der Waals surface area contributed by atoms with Crippen molar-refractivity contribution in [3.05, 3.63) is 28.4 Å². The Labute approximate surface area is 109 Å². The van der Waals surface area contributed by atoms with Gasteiger partial charge in [-0.15, -0.1) is 0 Å². The van der Waals surface area contributed by atoms with Crippen molar-refractivity contribution in [3.63, 3.8) is 0 Å². The first-order valence-corrected chi connectivity index (χ1v) is 6.16.